The Morgan fingerprint density at radius 1 is 1.00 bits per heavy atom. The van der Waals surface area contributed by atoms with Crippen LogP contribution in [0.4, 0.5) is 5.69 Å². The van der Waals surface area contributed by atoms with Crippen molar-refractivity contribution in [2.24, 2.45) is 0 Å². The van der Waals surface area contributed by atoms with Crippen LogP contribution in [0.15, 0.2) is 24.3 Å². The lowest BCUT2D eigenvalue weighted by molar-refractivity contribution is -0.119. The smallest absolute Gasteiger partial charge is 0.234 e. The summed E-state index contributed by atoms with van der Waals surface area (Å²) in [5.74, 6) is 0.506. The molecule has 126 valence electrons. The summed E-state index contributed by atoms with van der Waals surface area (Å²) in [7, 11) is 0. The van der Waals surface area contributed by atoms with Crippen molar-refractivity contribution in [3.63, 3.8) is 0 Å². The topological polar surface area (TPSA) is 58.2 Å². The Bertz CT molecular complexity index is 514. The fraction of sp³-hybridized carbons (Fsp3) is 0.529. The number of nitrogens with one attached hydrogen (secondary N) is 2. The van der Waals surface area contributed by atoms with Crippen LogP contribution < -0.4 is 10.6 Å². The van der Waals surface area contributed by atoms with Crippen LogP contribution in [-0.2, 0) is 9.59 Å². The maximum absolute atomic E-state index is 11.9. The molecule has 4 nitrogen and oxygen atoms in total. The molecule has 0 unspecified atom stereocenters. The second kappa shape index (κ2) is 9.83. The monoisotopic (exact) mass is 354 g/mol. The van der Waals surface area contributed by atoms with E-state index in [0.717, 1.165) is 12.8 Å². The van der Waals surface area contributed by atoms with Gasteiger partial charge in [-0.15, -0.1) is 11.8 Å². The molecule has 0 aromatic heterocycles. The van der Waals surface area contributed by atoms with E-state index in [-0.39, 0.29) is 17.6 Å². The van der Waals surface area contributed by atoms with Gasteiger partial charge in [-0.05, 0) is 37.1 Å². The molecule has 0 saturated heterocycles. The predicted molar refractivity (Wildman–Crippen MR) is 97.0 cm³/mol. The normalized spacial score (nSPS) is 15.7. The SMILES string of the molecule is O=C(CSCC(=O)NC1CCCCCC1)Nc1ccc(Cl)cc1. The number of carbonyl (C=O) groups excluding carboxylic acids is 2. The second-order valence-electron chi connectivity index (χ2n) is 5.80. The number of thioether (sulfide) groups is 1. The van der Waals surface area contributed by atoms with Crippen LogP contribution in [0.5, 0.6) is 0 Å². The Morgan fingerprint density at radius 2 is 1.61 bits per heavy atom. The van der Waals surface area contributed by atoms with Crippen LogP contribution in [0.3, 0.4) is 0 Å². The molecule has 0 bridgehead atoms. The third-order valence-corrected chi connectivity index (χ3v) is 5.00. The molecular weight excluding hydrogens is 332 g/mol. The van der Waals surface area contributed by atoms with Gasteiger partial charge >= 0.3 is 0 Å². The Kier molecular flexibility index (Phi) is 7.76. The van der Waals surface area contributed by atoms with Gasteiger partial charge in [-0.3, -0.25) is 9.59 Å². The minimum Gasteiger partial charge on any atom is -0.353 e. The maximum atomic E-state index is 11.9. The first-order valence-electron chi connectivity index (χ1n) is 8.06. The lowest BCUT2D eigenvalue weighted by Crippen LogP contribution is -2.35. The van der Waals surface area contributed by atoms with E-state index in [0.29, 0.717) is 22.5 Å². The zero-order valence-electron chi connectivity index (χ0n) is 13.1. The molecule has 1 aromatic carbocycles. The zero-order chi connectivity index (χ0) is 16.5. The summed E-state index contributed by atoms with van der Waals surface area (Å²) in [4.78, 5) is 23.7. The van der Waals surface area contributed by atoms with Gasteiger partial charge in [0.2, 0.25) is 11.8 Å². The van der Waals surface area contributed by atoms with Crippen molar-refractivity contribution in [3.05, 3.63) is 29.3 Å². The van der Waals surface area contributed by atoms with Crippen LogP contribution in [0.1, 0.15) is 38.5 Å². The summed E-state index contributed by atoms with van der Waals surface area (Å²) in [5, 5.41) is 6.50. The molecule has 6 heteroatoms. The standard InChI is InChI=1S/C17H23ClN2O2S/c18-13-7-9-15(10-8-13)20-17(22)12-23-11-16(21)19-14-5-3-1-2-4-6-14/h7-10,14H,1-6,11-12H2,(H,19,21)(H,20,22). The number of halogens is 1. The molecule has 1 fully saturated rings. The third-order valence-electron chi connectivity index (χ3n) is 3.81. The first-order valence-corrected chi connectivity index (χ1v) is 9.59. The Balaban J connectivity index is 1.62. The van der Waals surface area contributed by atoms with Gasteiger partial charge in [-0.1, -0.05) is 37.3 Å². The number of rotatable bonds is 6. The number of amides is 2. The van der Waals surface area contributed by atoms with Crippen molar-refractivity contribution < 1.29 is 9.59 Å². The average molecular weight is 355 g/mol. The summed E-state index contributed by atoms with van der Waals surface area (Å²) in [6, 6.07) is 7.27. The number of hydrogen-bond donors (Lipinski definition) is 2. The highest BCUT2D eigenvalue weighted by molar-refractivity contribution is 8.00. The Labute approximate surface area is 146 Å². The molecule has 1 aliphatic rings. The first-order chi connectivity index (χ1) is 11.1. The van der Waals surface area contributed by atoms with Crippen molar-refractivity contribution in [1.29, 1.82) is 0 Å². The Hall–Kier alpha value is -1.20. The lowest BCUT2D eigenvalue weighted by atomic mass is 10.1. The minimum absolute atomic E-state index is 0.0289. The van der Waals surface area contributed by atoms with Gasteiger partial charge in [-0.2, -0.15) is 0 Å². The van der Waals surface area contributed by atoms with E-state index in [2.05, 4.69) is 10.6 Å². The van der Waals surface area contributed by atoms with Crippen molar-refractivity contribution >= 4 is 40.9 Å². The molecule has 1 saturated carbocycles. The van der Waals surface area contributed by atoms with E-state index >= 15 is 0 Å². The van der Waals surface area contributed by atoms with Gasteiger partial charge in [0.1, 0.15) is 0 Å². The first kappa shape index (κ1) is 18.1. The number of benzene rings is 1. The highest BCUT2D eigenvalue weighted by Gasteiger charge is 2.14. The molecule has 0 spiro atoms. The summed E-state index contributed by atoms with van der Waals surface area (Å²) in [6.45, 7) is 0. The van der Waals surface area contributed by atoms with E-state index in [9.17, 15) is 9.59 Å². The largest absolute Gasteiger partial charge is 0.353 e. The van der Waals surface area contributed by atoms with Crippen LogP contribution >= 0.6 is 23.4 Å². The van der Waals surface area contributed by atoms with Crippen molar-refractivity contribution in [2.45, 2.75) is 44.6 Å². The fourth-order valence-corrected chi connectivity index (χ4v) is 3.41. The van der Waals surface area contributed by atoms with Gasteiger partial charge in [-0.25, -0.2) is 0 Å². The van der Waals surface area contributed by atoms with E-state index in [1.165, 1.54) is 37.4 Å². The van der Waals surface area contributed by atoms with Crippen molar-refractivity contribution in [2.75, 3.05) is 16.8 Å². The van der Waals surface area contributed by atoms with Crippen LogP contribution in [0, 0.1) is 0 Å². The van der Waals surface area contributed by atoms with Crippen molar-refractivity contribution in [1.82, 2.24) is 5.32 Å². The molecule has 2 N–H and O–H groups in total. The highest BCUT2D eigenvalue weighted by Crippen LogP contribution is 2.17. The number of hydrogen-bond acceptors (Lipinski definition) is 3. The molecular formula is C17H23ClN2O2S. The lowest BCUT2D eigenvalue weighted by Gasteiger charge is -2.15. The zero-order valence-corrected chi connectivity index (χ0v) is 14.7. The van der Waals surface area contributed by atoms with Gasteiger partial charge in [0.05, 0.1) is 11.5 Å². The number of anilines is 1. The molecule has 0 radical (unpaired) electrons. The van der Waals surface area contributed by atoms with E-state index < -0.39 is 0 Å². The Morgan fingerprint density at radius 3 is 2.26 bits per heavy atom. The summed E-state index contributed by atoms with van der Waals surface area (Å²) < 4.78 is 0. The molecule has 2 rings (SSSR count). The van der Waals surface area contributed by atoms with Crippen LogP contribution in [0.2, 0.25) is 5.02 Å². The molecule has 0 aliphatic heterocycles. The van der Waals surface area contributed by atoms with Crippen LogP contribution in [0.25, 0.3) is 0 Å². The third kappa shape index (κ3) is 7.27. The average Bonchev–Trinajstić information content (AvgIpc) is 2.78. The van der Waals surface area contributed by atoms with Gasteiger partial charge in [0.15, 0.2) is 0 Å². The minimum atomic E-state index is -0.111. The van der Waals surface area contributed by atoms with E-state index in [1.807, 2.05) is 0 Å². The molecule has 0 atom stereocenters. The van der Waals surface area contributed by atoms with Gasteiger partial charge in [0.25, 0.3) is 0 Å². The summed E-state index contributed by atoms with van der Waals surface area (Å²) in [6.07, 6.45) is 7.09. The molecule has 2 amide bonds. The number of carbonyl (C=O) groups is 2. The van der Waals surface area contributed by atoms with Gasteiger partial charge in [0, 0.05) is 16.8 Å². The van der Waals surface area contributed by atoms with E-state index in [1.54, 1.807) is 24.3 Å². The van der Waals surface area contributed by atoms with E-state index in [4.69, 9.17) is 11.6 Å². The summed E-state index contributed by atoms with van der Waals surface area (Å²) in [5.41, 5.74) is 0.711. The quantitative estimate of drug-likeness (QED) is 0.763. The fourth-order valence-electron chi connectivity index (χ4n) is 2.66. The second-order valence-corrected chi connectivity index (χ2v) is 7.23. The molecule has 1 aromatic rings. The van der Waals surface area contributed by atoms with Crippen molar-refractivity contribution in [3.8, 4) is 0 Å². The molecule has 1 aliphatic carbocycles. The molecule has 23 heavy (non-hydrogen) atoms. The van der Waals surface area contributed by atoms with Gasteiger partial charge < -0.3 is 10.6 Å². The maximum Gasteiger partial charge on any atom is 0.234 e. The molecule has 0 heterocycles. The highest BCUT2D eigenvalue weighted by atomic mass is 35.5. The van der Waals surface area contributed by atoms with Crippen LogP contribution in [-0.4, -0.2) is 29.4 Å². The summed E-state index contributed by atoms with van der Waals surface area (Å²) >= 11 is 7.13. The predicted octanol–water partition coefficient (Wildman–Crippen LogP) is 3.85.